The van der Waals surface area contributed by atoms with Crippen molar-refractivity contribution in [3.63, 3.8) is 0 Å². The molecule has 0 unspecified atom stereocenters. The van der Waals surface area contributed by atoms with Gasteiger partial charge in [0.25, 0.3) is 0 Å². The molecule has 1 aromatic carbocycles. The number of esters is 1. The molecule has 0 aliphatic carbocycles. The molecule has 6 heteroatoms. The minimum atomic E-state index is -0.276. The van der Waals surface area contributed by atoms with E-state index in [2.05, 4.69) is 0 Å². The highest BCUT2D eigenvalue weighted by Crippen LogP contribution is 2.13. The summed E-state index contributed by atoms with van der Waals surface area (Å²) in [7, 11) is 1.62. The third-order valence-electron chi connectivity index (χ3n) is 2.58. The van der Waals surface area contributed by atoms with Gasteiger partial charge in [-0.1, -0.05) is 0 Å². The second-order valence-electron chi connectivity index (χ2n) is 4.35. The average Bonchev–Trinajstić information content (AvgIpc) is 2.48. The summed E-state index contributed by atoms with van der Waals surface area (Å²) >= 11 is 0. The lowest BCUT2D eigenvalue weighted by molar-refractivity contribution is -0.144. The molecule has 0 amide bonds. The number of nitrogens with two attached hydrogens (primary N) is 1. The van der Waals surface area contributed by atoms with Gasteiger partial charge in [-0.05, 0) is 24.3 Å². The minimum Gasteiger partial charge on any atom is -0.493 e. The van der Waals surface area contributed by atoms with Gasteiger partial charge in [-0.25, -0.2) is 0 Å². The third kappa shape index (κ3) is 8.88. The van der Waals surface area contributed by atoms with Crippen molar-refractivity contribution in [1.29, 1.82) is 0 Å². The summed E-state index contributed by atoms with van der Waals surface area (Å²) in [4.78, 5) is 11.4. The predicted octanol–water partition coefficient (Wildman–Crippen LogP) is 1.63. The van der Waals surface area contributed by atoms with Gasteiger partial charge in [0.05, 0.1) is 32.8 Å². The Labute approximate surface area is 125 Å². The minimum absolute atomic E-state index is 0.217. The van der Waals surface area contributed by atoms with Crippen LogP contribution in [0.25, 0.3) is 0 Å². The zero-order chi connectivity index (χ0) is 15.3. The maximum Gasteiger partial charge on any atom is 0.309 e. The van der Waals surface area contributed by atoms with Crippen LogP contribution in [0.5, 0.6) is 5.75 Å². The molecule has 6 nitrogen and oxygen atoms in total. The SMILES string of the molecule is COCCOCCCOC(=O)CCOc1ccc(N)cc1. The molecule has 21 heavy (non-hydrogen) atoms. The number of methoxy groups -OCH3 is 1. The lowest BCUT2D eigenvalue weighted by atomic mass is 10.3. The van der Waals surface area contributed by atoms with Crippen LogP contribution >= 0.6 is 0 Å². The second-order valence-corrected chi connectivity index (χ2v) is 4.35. The van der Waals surface area contributed by atoms with Gasteiger partial charge < -0.3 is 24.7 Å². The number of rotatable bonds is 11. The Morgan fingerprint density at radius 1 is 1.05 bits per heavy atom. The quantitative estimate of drug-likeness (QED) is 0.380. The van der Waals surface area contributed by atoms with Crippen molar-refractivity contribution in [2.24, 2.45) is 0 Å². The lowest BCUT2D eigenvalue weighted by Gasteiger charge is -2.07. The molecule has 118 valence electrons. The van der Waals surface area contributed by atoms with Crippen LogP contribution in [0.3, 0.4) is 0 Å². The molecule has 2 N–H and O–H groups in total. The standard InChI is InChI=1S/C15H23NO5/c1-18-11-12-19-8-2-9-21-15(17)7-10-20-14-5-3-13(16)4-6-14/h3-6H,2,7-12,16H2,1H3. The van der Waals surface area contributed by atoms with Gasteiger partial charge in [0, 0.05) is 25.8 Å². The fraction of sp³-hybridized carbons (Fsp3) is 0.533. The van der Waals surface area contributed by atoms with E-state index in [4.69, 9.17) is 24.7 Å². The van der Waals surface area contributed by atoms with Crippen LogP contribution in [-0.2, 0) is 19.0 Å². The average molecular weight is 297 g/mol. The molecule has 0 saturated carbocycles. The zero-order valence-electron chi connectivity index (χ0n) is 12.4. The summed E-state index contributed by atoms with van der Waals surface area (Å²) in [6.07, 6.45) is 0.892. The number of anilines is 1. The molecule has 0 fully saturated rings. The highest BCUT2D eigenvalue weighted by molar-refractivity contribution is 5.69. The Morgan fingerprint density at radius 3 is 2.52 bits per heavy atom. The summed E-state index contributed by atoms with van der Waals surface area (Å²) in [6.45, 7) is 2.32. The van der Waals surface area contributed by atoms with Gasteiger partial charge in [-0.2, -0.15) is 0 Å². The summed E-state index contributed by atoms with van der Waals surface area (Å²) < 4.78 is 20.6. The summed E-state index contributed by atoms with van der Waals surface area (Å²) in [5.74, 6) is 0.408. The van der Waals surface area contributed by atoms with Crippen molar-refractivity contribution in [3.05, 3.63) is 24.3 Å². The van der Waals surface area contributed by atoms with E-state index in [0.717, 1.165) is 0 Å². The Hall–Kier alpha value is -1.79. The topological polar surface area (TPSA) is 80.0 Å². The van der Waals surface area contributed by atoms with Crippen LogP contribution in [0.2, 0.25) is 0 Å². The van der Waals surface area contributed by atoms with Gasteiger partial charge >= 0.3 is 5.97 Å². The molecule has 1 aromatic rings. The van der Waals surface area contributed by atoms with Gasteiger partial charge in [0.15, 0.2) is 0 Å². The lowest BCUT2D eigenvalue weighted by Crippen LogP contribution is -2.12. The van der Waals surface area contributed by atoms with Crippen LogP contribution in [0, 0.1) is 0 Å². The molecule has 0 saturated heterocycles. The molecule has 0 atom stereocenters. The summed E-state index contributed by atoms with van der Waals surface area (Å²) in [5, 5.41) is 0. The monoisotopic (exact) mass is 297 g/mol. The van der Waals surface area contributed by atoms with E-state index in [9.17, 15) is 4.79 Å². The van der Waals surface area contributed by atoms with Crippen LogP contribution in [-0.4, -0.2) is 46.1 Å². The van der Waals surface area contributed by atoms with Crippen molar-refractivity contribution in [2.45, 2.75) is 12.8 Å². The van der Waals surface area contributed by atoms with Crippen molar-refractivity contribution in [3.8, 4) is 5.75 Å². The van der Waals surface area contributed by atoms with Crippen LogP contribution < -0.4 is 10.5 Å². The van der Waals surface area contributed by atoms with E-state index in [0.29, 0.717) is 44.3 Å². The van der Waals surface area contributed by atoms with E-state index < -0.39 is 0 Å². The van der Waals surface area contributed by atoms with Crippen molar-refractivity contribution in [2.75, 3.05) is 45.9 Å². The molecule has 0 heterocycles. The fourth-order valence-corrected chi connectivity index (χ4v) is 1.48. The Balaban J connectivity index is 1.97. The number of ether oxygens (including phenoxy) is 4. The number of benzene rings is 1. The zero-order valence-corrected chi connectivity index (χ0v) is 12.4. The maximum atomic E-state index is 11.4. The molecule has 0 aliphatic rings. The maximum absolute atomic E-state index is 11.4. The van der Waals surface area contributed by atoms with E-state index in [-0.39, 0.29) is 19.0 Å². The first kappa shape index (κ1) is 17.3. The number of hydrogen-bond donors (Lipinski definition) is 1. The fourth-order valence-electron chi connectivity index (χ4n) is 1.48. The third-order valence-corrected chi connectivity index (χ3v) is 2.58. The van der Waals surface area contributed by atoms with E-state index >= 15 is 0 Å². The predicted molar refractivity (Wildman–Crippen MR) is 79.2 cm³/mol. The highest BCUT2D eigenvalue weighted by Gasteiger charge is 2.03. The van der Waals surface area contributed by atoms with Gasteiger partial charge in [-0.3, -0.25) is 4.79 Å². The molecule has 0 bridgehead atoms. The Kier molecular flexibility index (Phi) is 8.99. The molecule has 0 radical (unpaired) electrons. The van der Waals surface area contributed by atoms with E-state index in [1.807, 2.05) is 0 Å². The van der Waals surface area contributed by atoms with Crippen LogP contribution in [0.15, 0.2) is 24.3 Å². The number of carbonyl (C=O) groups excluding carboxylic acids is 1. The highest BCUT2D eigenvalue weighted by atomic mass is 16.5. The number of hydrogen-bond acceptors (Lipinski definition) is 6. The summed E-state index contributed by atoms with van der Waals surface area (Å²) in [5.41, 5.74) is 6.24. The molecule has 0 aliphatic heterocycles. The first-order chi connectivity index (χ1) is 10.2. The van der Waals surface area contributed by atoms with E-state index in [1.54, 1.807) is 31.4 Å². The van der Waals surface area contributed by atoms with Gasteiger partial charge in [-0.15, -0.1) is 0 Å². The first-order valence-electron chi connectivity index (χ1n) is 6.93. The summed E-state index contributed by atoms with van der Waals surface area (Å²) in [6, 6.07) is 7.02. The molecular weight excluding hydrogens is 274 g/mol. The second kappa shape index (κ2) is 10.9. The van der Waals surface area contributed by atoms with Crippen LogP contribution in [0.1, 0.15) is 12.8 Å². The van der Waals surface area contributed by atoms with E-state index in [1.165, 1.54) is 0 Å². The first-order valence-corrected chi connectivity index (χ1v) is 6.93. The number of nitrogen functional groups attached to an aromatic ring is 1. The molecular formula is C15H23NO5. The molecule has 0 aromatic heterocycles. The van der Waals surface area contributed by atoms with Crippen LogP contribution in [0.4, 0.5) is 5.69 Å². The largest absolute Gasteiger partial charge is 0.493 e. The number of carbonyl (C=O) groups is 1. The van der Waals surface area contributed by atoms with Crippen molar-refractivity contribution in [1.82, 2.24) is 0 Å². The van der Waals surface area contributed by atoms with Gasteiger partial charge in [0.1, 0.15) is 5.75 Å². The molecule has 1 rings (SSSR count). The Morgan fingerprint density at radius 2 is 1.81 bits per heavy atom. The smallest absolute Gasteiger partial charge is 0.309 e. The normalized spacial score (nSPS) is 10.3. The van der Waals surface area contributed by atoms with Crippen molar-refractivity contribution < 1.29 is 23.7 Å². The molecule has 0 spiro atoms. The van der Waals surface area contributed by atoms with Crippen molar-refractivity contribution >= 4 is 11.7 Å². The van der Waals surface area contributed by atoms with Gasteiger partial charge in [0.2, 0.25) is 0 Å². The Bertz CT molecular complexity index is 394.